The summed E-state index contributed by atoms with van der Waals surface area (Å²) in [5.41, 5.74) is 2.98. The van der Waals surface area contributed by atoms with Crippen LogP contribution in [0.2, 0.25) is 0 Å². The zero-order chi connectivity index (χ0) is 20.3. The van der Waals surface area contributed by atoms with Crippen molar-refractivity contribution >= 4 is 29.3 Å². The van der Waals surface area contributed by atoms with Gasteiger partial charge in [-0.15, -0.1) is 11.8 Å². The van der Waals surface area contributed by atoms with Crippen LogP contribution in [0.5, 0.6) is 0 Å². The second kappa shape index (κ2) is 8.80. The Bertz CT molecular complexity index is 851. The van der Waals surface area contributed by atoms with Gasteiger partial charge in [-0.05, 0) is 38.7 Å². The molecule has 0 spiro atoms. The largest absolute Gasteiger partial charge is 0.451 e. The second-order valence-electron chi connectivity index (χ2n) is 7.24. The van der Waals surface area contributed by atoms with Crippen molar-refractivity contribution in [2.75, 3.05) is 32.1 Å². The van der Waals surface area contributed by atoms with Crippen molar-refractivity contribution in [1.82, 2.24) is 4.90 Å². The number of carbonyl (C=O) groups is 2. The molecular formula is C22H26N2O3S. The number of thioether (sulfide) groups is 1. The molecule has 0 saturated heterocycles. The molecule has 5 nitrogen and oxygen atoms in total. The number of aryl methyl sites for hydroxylation is 1. The molecule has 1 heterocycles. The van der Waals surface area contributed by atoms with Crippen LogP contribution in [-0.2, 0) is 14.3 Å². The van der Waals surface area contributed by atoms with Crippen LogP contribution in [0.4, 0.5) is 5.69 Å². The third-order valence-corrected chi connectivity index (χ3v) is 6.04. The number of nitrogens with zero attached hydrogens (tertiary/aromatic N) is 2. The van der Waals surface area contributed by atoms with Gasteiger partial charge in [-0.2, -0.15) is 0 Å². The number of fused-ring (bicyclic) bond motifs is 1. The molecule has 2 aromatic rings. The number of carbonyl (C=O) groups excluding carboxylic acids is 2. The van der Waals surface area contributed by atoms with E-state index in [1.54, 1.807) is 16.7 Å². The highest BCUT2D eigenvalue weighted by atomic mass is 32.2. The van der Waals surface area contributed by atoms with Gasteiger partial charge in [0.1, 0.15) is 0 Å². The Balaban J connectivity index is 2.07. The fourth-order valence-corrected chi connectivity index (χ4v) is 4.52. The summed E-state index contributed by atoms with van der Waals surface area (Å²) in [5, 5.41) is -0.303. The molecule has 0 aromatic heterocycles. The van der Waals surface area contributed by atoms with Crippen molar-refractivity contribution in [3.05, 3.63) is 59.7 Å². The minimum Gasteiger partial charge on any atom is -0.451 e. The lowest BCUT2D eigenvalue weighted by Gasteiger charge is -2.28. The van der Waals surface area contributed by atoms with Gasteiger partial charge in [-0.1, -0.05) is 42.0 Å². The van der Waals surface area contributed by atoms with Crippen molar-refractivity contribution in [2.24, 2.45) is 0 Å². The number of rotatable bonds is 5. The third-order valence-electron chi connectivity index (χ3n) is 4.66. The molecule has 0 fully saturated rings. The maximum absolute atomic E-state index is 13.5. The van der Waals surface area contributed by atoms with Crippen molar-refractivity contribution in [1.29, 1.82) is 0 Å². The topological polar surface area (TPSA) is 49.9 Å². The highest BCUT2D eigenvalue weighted by molar-refractivity contribution is 7.99. The zero-order valence-electron chi connectivity index (χ0n) is 16.7. The molecule has 1 aliphatic rings. The highest BCUT2D eigenvalue weighted by Gasteiger charge is 2.40. The summed E-state index contributed by atoms with van der Waals surface area (Å²) in [6.45, 7) is 4.62. The van der Waals surface area contributed by atoms with E-state index in [9.17, 15) is 9.59 Å². The number of anilines is 1. The van der Waals surface area contributed by atoms with Gasteiger partial charge >= 0.3 is 5.97 Å². The van der Waals surface area contributed by atoms with Crippen molar-refractivity contribution in [2.45, 2.75) is 30.1 Å². The first kappa shape index (κ1) is 20.4. The molecule has 6 heteroatoms. The first-order chi connectivity index (χ1) is 13.4. The molecule has 0 bridgehead atoms. The van der Waals surface area contributed by atoms with Gasteiger partial charge in [0.25, 0.3) is 5.91 Å². The van der Waals surface area contributed by atoms with Gasteiger partial charge in [0, 0.05) is 24.9 Å². The Hall–Kier alpha value is -2.31. The van der Waals surface area contributed by atoms with E-state index in [1.807, 2.05) is 74.4 Å². The van der Waals surface area contributed by atoms with Gasteiger partial charge in [0.15, 0.2) is 6.10 Å². The number of ether oxygens (including phenoxy) is 1. The predicted octanol–water partition coefficient (Wildman–Crippen LogP) is 3.67. The highest BCUT2D eigenvalue weighted by Crippen LogP contribution is 2.46. The third kappa shape index (κ3) is 4.56. The number of hydrogen-bond acceptors (Lipinski definition) is 5. The molecule has 2 unspecified atom stereocenters. The van der Waals surface area contributed by atoms with Gasteiger partial charge < -0.3 is 14.5 Å². The quantitative estimate of drug-likeness (QED) is 0.720. The number of esters is 1. The van der Waals surface area contributed by atoms with Crippen molar-refractivity contribution in [3.8, 4) is 0 Å². The van der Waals surface area contributed by atoms with Crippen LogP contribution in [0.3, 0.4) is 0 Å². The van der Waals surface area contributed by atoms with E-state index in [1.165, 1.54) is 6.92 Å². The average molecular weight is 399 g/mol. The maximum Gasteiger partial charge on any atom is 0.303 e. The zero-order valence-corrected chi connectivity index (χ0v) is 17.5. The molecule has 0 saturated carbocycles. The van der Waals surface area contributed by atoms with Gasteiger partial charge in [0.2, 0.25) is 0 Å². The SMILES string of the molecule is CC(=O)OC1C(=O)N(CCN(C)C)c2ccccc2SC1c1ccc(C)cc1. The van der Waals surface area contributed by atoms with E-state index in [4.69, 9.17) is 4.74 Å². The van der Waals surface area contributed by atoms with Crippen LogP contribution in [0, 0.1) is 6.92 Å². The standard InChI is InChI=1S/C22H26N2O3S/c1-15-9-11-17(12-10-15)21-20(27-16(2)25)22(26)24(14-13-23(3)4)18-7-5-6-8-19(18)28-21/h5-12,20-21H,13-14H2,1-4H3. The number of benzene rings is 2. The normalized spacial score (nSPS) is 19.3. The lowest BCUT2D eigenvalue weighted by Crippen LogP contribution is -2.45. The van der Waals surface area contributed by atoms with Crippen LogP contribution < -0.4 is 4.90 Å². The second-order valence-corrected chi connectivity index (χ2v) is 8.42. The van der Waals surface area contributed by atoms with Crippen molar-refractivity contribution < 1.29 is 14.3 Å². The Labute approximate surface area is 170 Å². The molecule has 0 aliphatic carbocycles. The minimum absolute atomic E-state index is 0.180. The van der Waals surface area contributed by atoms with Crippen LogP contribution in [0.1, 0.15) is 23.3 Å². The first-order valence-electron chi connectivity index (χ1n) is 9.32. The molecule has 1 aliphatic heterocycles. The maximum atomic E-state index is 13.5. The molecule has 148 valence electrons. The number of amides is 1. The molecule has 3 rings (SSSR count). The van der Waals surface area contributed by atoms with E-state index < -0.39 is 12.1 Å². The van der Waals surface area contributed by atoms with Crippen LogP contribution in [-0.4, -0.2) is 50.1 Å². The van der Waals surface area contributed by atoms with E-state index in [2.05, 4.69) is 0 Å². The number of hydrogen-bond donors (Lipinski definition) is 0. The molecule has 0 radical (unpaired) electrons. The summed E-state index contributed by atoms with van der Waals surface area (Å²) in [4.78, 5) is 30.2. The smallest absolute Gasteiger partial charge is 0.303 e. The van der Waals surface area contributed by atoms with Crippen LogP contribution in [0.25, 0.3) is 0 Å². The monoisotopic (exact) mass is 398 g/mol. The Morgan fingerprint density at radius 2 is 1.82 bits per heavy atom. The predicted molar refractivity (Wildman–Crippen MR) is 113 cm³/mol. The van der Waals surface area contributed by atoms with E-state index >= 15 is 0 Å². The fraction of sp³-hybridized carbons (Fsp3) is 0.364. The minimum atomic E-state index is -0.875. The Morgan fingerprint density at radius 1 is 1.14 bits per heavy atom. The molecule has 0 N–H and O–H groups in total. The Kier molecular flexibility index (Phi) is 6.42. The number of likely N-dealkylation sites (N-methyl/N-ethyl adjacent to an activating group) is 1. The van der Waals surface area contributed by atoms with Gasteiger partial charge in [-0.3, -0.25) is 9.59 Å². The summed E-state index contributed by atoms with van der Waals surface area (Å²) < 4.78 is 5.58. The summed E-state index contributed by atoms with van der Waals surface area (Å²) in [6.07, 6.45) is -0.875. The number of para-hydroxylation sites is 1. The summed E-state index contributed by atoms with van der Waals surface area (Å²) in [5.74, 6) is -0.630. The summed E-state index contributed by atoms with van der Waals surface area (Å²) in [7, 11) is 3.95. The van der Waals surface area contributed by atoms with E-state index in [-0.39, 0.29) is 11.2 Å². The van der Waals surface area contributed by atoms with Crippen LogP contribution in [0.15, 0.2) is 53.4 Å². The Morgan fingerprint density at radius 3 is 2.46 bits per heavy atom. The first-order valence-corrected chi connectivity index (χ1v) is 10.2. The molecule has 2 aromatic carbocycles. The van der Waals surface area contributed by atoms with Gasteiger partial charge in [0.05, 0.1) is 10.9 Å². The van der Waals surface area contributed by atoms with Crippen LogP contribution >= 0.6 is 11.8 Å². The fourth-order valence-electron chi connectivity index (χ4n) is 3.20. The van der Waals surface area contributed by atoms with E-state index in [0.717, 1.165) is 21.7 Å². The summed E-state index contributed by atoms with van der Waals surface area (Å²) >= 11 is 1.58. The van der Waals surface area contributed by atoms with Gasteiger partial charge in [-0.25, -0.2) is 0 Å². The average Bonchev–Trinajstić information content (AvgIpc) is 2.76. The molecule has 28 heavy (non-hydrogen) atoms. The molecule has 2 atom stereocenters. The molecular weight excluding hydrogens is 372 g/mol. The molecule has 1 amide bonds. The summed E-state index contributed by atoms with van der Waals surface area (Å²) in [6, 6.07) is 15.9. The lowest BCUT2D eigenvalue weighted by atomic mass is 10.0. The van der Waals surface area contributed by atoms with Crippen molar-refractivity contribution in [3.63, 3.8) is 0 Å². The van der Waals surface area contributed by atoms with E-state index in [0.29, 0.717) is 13.1 Å². The lowest BCUT2D eigenvalue weighted by molar-refractivity contribution is -0.152.